The van der Waals surface area contributed by atoms with E-state index in [0.717, 1.165) is 11.6 Å². The smallest absolute Gasteiger partial charge is 0.349 e. The van der Waals surface area contributed by atoms with Crippen molar-refractivity contribution in [1.29, 1.82) is 0 Å². The van der Waals surface area contributed by atoms with Crippen LogP contribution in [-0.4, -0.2) is 25.9 Å². The van der Waals surface area contributed by atoms with Gasteiger partial charge in [0.25, 0.3) is 0 Å². The third-order valence-electron chi connectivity index (χ3n) is 3.47. The molecule has 2 unspecified atom stereocenters. The summed E-state index contributed by atoms with van der Waals surface area (Å²) in [6.45, 7) is 1.85. The first-order valence-electron chi connectivity index (χ1n) is 6.61. The Morgan fingerprint density at radius 3 is 2.25 bits per heavy atom. The molecule has 4 nitrogen and oxygen atoms in total. The van der Waals surface area contributed by atoms with Gasteiger partial charge in [-0.1, -0.05) is 64.6 Å². The van der Waals surface area contributed by atoms with Gasteiger partial charge in [-0.3, -0.25) is 4.57 Å². The molecule has 3 N–H and O–H groups in total. The molecular weight excluding hydrogens is 417 g/mol. The molecule has 1 aliphatic rings. The molecule has 0 fully saturated rings. The van der Waals surface area contributed by atoms with Crippen molar-refractivity contribution in [2.75, 3.05) is 0 Å². The molecule has 0 saturated carbocycles. The predicted molar refractivity (Wildman–Crippen MR) is 98.5 cm³/mol. The molecule has 2 rings (SSSR count). The van der Waals surface area contributed by atoms with Crippen molar-refractivity contribution >= 4 is 59.6 Å². The van der Waals surface area contributed by atoms with E-state index in [-0.39, 0.29) is 20.7 Å². The van der Waals surface area contributed by atoms with E-state index >= 15 is 0 Å². The summed E-state index contributed by atoms with van der Waals surface area (Å²) in [4.78, 5) is 18.7. The number of halogens is 4. The van der Waals surface area contributed by atoms with Gasteiger partial charge in [-0.25, -0.2) is 0 Å². The summed E-state index contributed by atoms with van der Waals surface area (Å²) in [6, 6.07) is 6.67. The van der Waals surface area contributed by atoms with Crippen molar-refractivity contribution in [1.82, 2.24) is 0 Å². The normalized spacial score (nSPS) is 25.8. The molecule has 130 valence electrons. The standard InChI is InChI=1S/C15H13Cl4O4P/c1-8-2-4-9(5-3-8)10(7-24(21,22)23)15(20)6-11(16)12(17)13(18)14(15)19/h2-7,14,20H,1H3,(H2,21,22,23). The summed E-state index contributed by atoms with van der Waals surface area (Å²) in [6.07, 6.45) is 1.13. The molecule has 1 aromatic rings. The molecule has 0 bridgehead atoms. The van der Waals surface area contributed by atoms with Crippen molar-refractivity contribution in [3.63, 3.8) is 0 Å². The van der Waals surface area contributed by atoms with Crippen LogP contribution in [0.2, 0.25) is 0 Å². The predicted octanol–water partition coefficient (Wildman–Crippen LogP) is 4.68. The minimum absolute atomic E-state index is 0.0255. The third-order valence-corrected chi connectivity index (χ3v) is 6.03. The van der Waals surface area contributed by atoms with E-state index in [2.05, 4.69) is 0 Å². The Balaban J connectivity index is 2.71. The van der Waals surface area contributed by atoms with Crippen LogP contribution in [0.5, 0.6) is 0 Å². The topological polar surface area (TPSA) is 77.8 Å². The fourth-order valence-corrected chi connectivity index (χ4v) is 4.06. The summed E-state index contributed by atoms with van der Waals surface area (Å²) in [5, 5.41) is 9.59. The highest BCUT2D eigenvalue weighted by molar-refractivity contribution is 7.55. The quantitative estimate of drug-likeness (QED) is 0.481. The summed E-state index contributed by atoms with van der Waals surface area (Å²) in [5.74, 6) is 0.650. The highest BCUT2D eigenvalue weighted by Crippen LogP contribution is 2.50. The van der Waals surface area contributed by atoms with Crippen molar-refractivity contribution in [3.05, 3.63) is 62.4 Å². The summed E-state index contributed by atoms with van der Waals surface area (Å²) >= 11 is 24.2. The maximum Gasteiger partial charge on any atom is 0.349 e. The van der Waals surface area contributed by atoms with Crippen molar-refractivity contribution in [2.24, 2.45) is 0 Å². The zero-order valence-corrected chi connectivity index (χ0v) is 16.2. The van der Waals surface area contributed by atoms with Crippen LogP contribution in [0.25, 0.3) is 5.57 Å². The Labute approximate surface area is 159 Å². The van der Waals surface area contributed by atoms with Gasteiger partial charge >= 0.3 is 7.60 Å². The van der Waals surface area contributed by atoms with Gasteiger partial charge in [0.1, 0.15) is 11.0 Å². The second-order valence-electron chi connectivity index (χ2n) is 5.34. The first-order valence-corrected chi connectivity index (χ1v) is 9.87. The van der Waals surface area contributed by atoms with Gasteiger partial charge in [0.05, 0.1) is 15.1 Å². The molecule has 0 saturated heterocycles. The number of hydrogen-bond donors (Lipinski definition) is 3. The van der Waals surface area contributed by atoms with Crippen molar-refractivity contribution < 1.29 is 19.5 Å². The highest BCUT2D eigenvalue weighted by atomic mass is 35.5. The third kappa shape index (κ3) is 4.09. The SMILES string of the molecule is Cc1ccc(C(=CP(=O)(O)O)C2(O)C=C(Cl)C(Cl)=C(Cl)C2Cl)cc1. The van der Waals surface area contributed by atoms with E-state index in [1.807, 2.05) is 6.92 Å². The largest absolute Gasteiger partial charge is 0.379 e. The number of benzene rings is 1. The van der Waals surface area contributed by atoms with Crippen LogP contribution in [-0.2, 0) is 4.57 Å². The number of alkyl halides is 1. The zero-order valence-electron chi connectivity index (χ0n) is 12.3. The molecule has 0 radical (unpaired) electrons. The second-order valence-corrected chi connectivity index (χ2v) is 8.41. The van der Waals surface area contributed by atoms with Gasteiger partial charge < -0.3 is 14.9 Å². The van der Waals surface area contributed by atoms with Gasteiger partial charge in [-0.15, -0.1) is 11.6 Å². The van der Waals surface area contributed by atoms with E-state index < -0.39 is 18.6 Å². The lowest BCUT2D eigenvalue weighted by Gasteiger charge is -2.36. The molecule has 2 atom stereocenters. The average Bonchev–Trinajstić information content (AvgIpc) is 2.49. The molecule has 0 heterocycles. The molecule has 0 aliphatic heterocycles. The van der Waals surface area contributed by atoms with Crippen LogP contribution in [0, 0.1) is 6.92 Å². The first kappa shape index (κ1) is 20.0. The van der Waals surface area contributed by atoms with Gasteiger partial charge in [0.15, 0.2) is 0 Å². The zero-order chi connectivity index (χ0) is 18.3. The summed E-state index contributed by atoms with van der Waals surface area (Å²) < 4.78 is 11.5. The minimum atomic E-state index is -4.63. The van der Waals surface area contributed by atoms with E-state index in [4.69, 9.17) is 46.4 Å². The van der Waals surface area contributed by atoms with Crippen LogP contribution in [0.1, 0.15) is 11.1 Å². The fourth-order valence-electron chi connectivity index (χ4n) is 2.27. The number of rotatable bonds is 3. The van der Waals surface area contributed by atoms with E-state index in [1.165, 1.54) is 0 Å². The maximum atomic E-state index is 11.5. The number of allylic oxidation sites excluding steroid dienone is 2. The number of hydrogen-bond acceptors (Lipinski definition) is 2. The van der Waals surface area contributed by atoms with E-state index in [0.29, 0.717) is 11.4 Å². The Morgan fingerprint density at radius 1 is 1.21 bits per heavy atom. The second kappa shape index (κ2) is 7.14. The van der Waals surface area contributed by atoms with Gasteiger partial charge in [0, 0.05) is 11.4 Å². The molecule has 9 heteroatoms. The van der Waals surface area contributed by atoms with Gasteiger partial charge in [0.2, 0.25) is 0 Å². The molecule has 0 spiro atoms. The highest BCUT2D eigenvalue weighted by Gasteiger charge is 2.45. The van der Waals surface area contributed by atoms with Crippen molar-refractivity contribution in [2.45, 2.75) is 17.9 Å². The van der Waals surface area contributed by atoms with E-state index in [1.54, 1.807) is 24.3 Å². The number of aryl methyl sites for hydroxylation is 1. The summed E-state index contributed by atoms with van der Waals surface area (Å²) in [5.41, 5.74) is -0.872. The minimum Gasteiger partial charge on any atom is -0.379 e. The molecule has 24 heavy (non-hydrogen) atoms. The Bertz CT molecular complexity index is 794. The van der Waals surface area contributed by atoms with Crippen LogP contribution in [0.3, 0.4) is 0 Å². The lowest BCUT2D eigenvalue weighted by Crippen LogP contribution is -2.41. The van der Waals surface area contributed by atoms with E-state index in [9.17, 15) is 19.5 Å². The Hall–Kier alpha value is -0.290. The average molecular weight is 430 g/mol. The monoisotopic (exact) mass is 428 g/mol. The van der Waals surface area contributed by atoms with Gasteiger partial charge in [-0.05, 0) is 18.6 Å². The van der Waals surface area contributed by atoms with Crippen LogP contribution >= 0.6 is 54.0 Å². The Morgan fingerprint density at radius 2 is 1.75 bits per heavy atom. The molecular formula is C15H13Cl4O4P. The van der Waals surface area contributed by atoms with Crippen LogP contribution < -0.4 is 0 Å². The van der Waals surface area contributed by atoms with Gasteiger partial charge in [-0.2, -0.15) is 0 Å². The lowest BCUT2D eigenvalue weighted by atomic mass is 9.83. The van der Waals surface area contributed by atoms with Crippen LogP contribution in [0.15, 0.2) is 51.3 Å². The summed E-state index contributed by atoms with van der Waals surface area (Å²) in [7, 11) is -4.63. The molecule has 1 aliphatic carbocycles. The van der Waals surface area contributed by atoms with Crippen LogP contribution in [0.4, 0.5) is 0 Å². The molecule has 0 aromatic heterocycles. The Kier molecular flexibility index (Phi) is 5.96. The number of aliphatic hydroxyl groups is 1. The fraction of sp³-hybridized carbons (Fsp3) is 0.200. The van der Waals surface area contributed by atoms with Crippen molar-refractivity contribution in [3.8, 4) is 0 Å². The molecule has 0 amide bonds. The molecule has 1 aromatic carbocycles. The maximum absolute atomic E-state index is 11.5. The lowest BCUT2D eigenvalue weighted by molar-refractivity contribution is 0.157. The first-order chi connectivity index (χ1) is 11.0.